The Balaban J connectivity index is 1.86. The average Bonchev–Trinajstić information content (AvgIpc) is 2.67. The summed E-state index contributed by atoms with van der Waals surface area (Å²) in [4.78, 5) is 35.1. The molecule has 0 fully saturated rings. The first-order valence-electron chi connectivity index (χ1n) is 8.37. The first kappa shape index (κ1) is 21.1. The predicted molar refractivity (Wildman–Crippen MR) is 102 cm³/mol. The molecule has 3 N–H and O–H groups in total. The zero-order chi connectivity index (χ0) is 20.7. The van der Waals surface area contributed by atoms with Gasteiger partial charge < -0.3 is 15.8 Å². The van der Waals surface area contributed by atoms with Gasteiger partial charge in [-0.15, -0.1) is 0 Å². The molecule has 8 nitrogen and oxygen atoms in total. The number of hydrogen-bond donors (Lipinski definition) is 2. The predicted octanol–water partition coefficient (Wildman–Crippen LogP) is 1.52. The summed E-state index contributed by atoms with van der Waals surface area (Å²) in [5, 5.41) is 2.52. The van der Waals surface area contributed by atoms with Gasteiger partial charge in [-0.3, -0.25) is 14.4 Å². The number of anilines is 1. The van der Waals surface area contributed by atoms with Gasteiger partial charge in [0.15, 0.2) is 15.9 Å². The Labute approximate surface area is 162 Å². The van der Waals surface area contributed by atoms with Crippen LogP contribution < -0.4 is 11.1 Å². The minimum Gasteiger partial charge on any atom is -0.453 e. The number of ether oxygens (including phenoxy) is 1. The lowest BCUT2D eigenvalue weighted by Crippen LogP contribution is -2.30. The van der Waals surface area contributed by atoms with E-state index in [1.807, 2.05) is 0 Å². The smallest absolute Gasteiger partial charge is 0.307 e. The molecule has 0 spiro atoms. The van der Waals surface area contributed by atoms with Crippen LogP contribution >= 0.6 is 0 Å². The van der Waals surface area contributed by atoms with Gasteiger partial charge in [0.05, 0.1) is 17.1 Å². The average molecular weight is 404 g/mol. The van der Waals surface area contributed by atoms with Crippen molar-refractivity contribution in [3.8, 4) is 0 Å². The Morgan fingerprint density at radius 1 is 1.04 bits per heavy atom. The van der Waals surface area contributed by atoms with Crippen LogP contribution in [0, 0.1) is 0 Å². The zero-order valence-corrected chi connectivity index (χ0v) is 15.9. The largest absolute Gasteiger partial charge is 0.453 e. The van der Waals surface area contributed by atoms with E-state index < -0.39 is 39.5 Å². The molecular weight excluding hydrogens is 384 g/mol. The third-order valence-electron chi connectivity index (χ3n) is 3.79. The molecule has 0 aromatic heterocycles. The highest BCUT2D eigenvalue weighted by atomic mass is 32.2. The van der Waals surface area contributed by atoms with Gasteiger partial charge in [0, 0.05) is 11.3 Å². The summed E-state index contributed by atoms with van der Waals surface area (Å²) in [5.74, 6) is -2.40. The number of hydrogen-bond acceptors (Lipinski definition) is 6. The quantitative estimate of drug-likeness (QED) is 0.641. The number of rotatable bonds is 8. The number of esters is 1. The van der Waals surface area contributed by atoms with Crippen molar-refractivity contribution in [1.29, 1.82) is 0 Å². The number of amides is 2. The van der Waals surface area contributed by atoms with Gasteiger partial charge in [-0.2, -0.15) is 0 Å². The van der Waals surface area contributed by atoms with Gasteiger partial charge >= 0.3 is 5.97 Å². The van der Waals surface area contributed by atoms with E-state index in [1.54, 1.807) is 18.2 Å². The molecule has 2 aromatic carbocycles. The number of nitrogens with two attached hydrogens (primary N) is 1. The number of primary amides is 1. The summed E-state index contributed by atoms with van der Waals surface area (Å²) < 4.78 is 29.3. The maximum Gasteiger partial charge on any atom is 0.307 e. The number of benzene rings is 2. The third kappa shape index (κ3) is 5.92. The molecule has 0 saturated carbocycles. The molecule has 9 heteroatoms. The van der Waals surface area contributed by atoms with Crippen LogP contribution in [0.4, 0.5) is 5.69 Å². The standard InChI is InChI=1S/C19H20N2O6S/c1-13(19(24)21-15-9-7-14(8-10-15)18(20)23)27-17(22)11-12-28(25,26)16-5-3-2-4-6-16/h2-10,13H,11-12H2,1H3,(H2,20,23)(H,21,24)/t13-/m0/s1. The van der Waals surface area contributed by atoms with Crippen molar-refractivity contribution in [2.24, 2.45) is 5.73 Å². The van der Waals surface area contributed by atoms with E-state index in [0.717, 1.165) is 0 Å². The number of nitrogens with one attached hydrogen (secondary N) is 1. The molecule has 0 bridgehead atoms. The fourth-order valence-electron chi connectivity index (χ4n) is 2.23. The van der Waals surface area contributed by atoms with E-state index in [0.29, 0.717) is 5.69 Å². The zero-order valence-electron chi connectivity index (χ0n) is 15.1. The third-order valence-corrected chi connectivity index (χ3v) is 5.52. The van der Waals surface area contributed by atoms with Crippen LogP contribution in [0.25, 0.3) is 0 Å². The lowest BCUT2D eigenvalue weighted by Gasteiger charge is -2.14. The number of sulfone groups is 1. The second-order valence-corrected chi connectivity index (χ2v) is 8.05. The lowest BCUT2D eigenvalue weighted by atomic mass is 10.2. The van der Waals surface area contributed by atoms with Gasteiger partial charge in [-0.05, 0) is 43.3 Å². The highest BCUT2D eigenvalue weighted by Gasteiger charge is 2.21. The van der Waals surface area contributed by atoms with Crippen molar-refractivity contribution in [2.75, 3.05) is 11.1 Å². The molecule has 2 rings (SSSR count). The first-order chi connectivity index (χ1) is 13.2. The summed E-state index contributed by atoms with van der Waals surface area (Å²) in [7, 11) is -3.61. The Bertz CT molecular complexity index is 956. The lowest BCUT2D eigenvalue weighted by molar-refractivity contribution is -0.152. The van der Waals surface area contributed by atoms with Gasteiger partial charge in [0.1, 0.15) is 0 Å². The fourth-order valence-corrected chi connectivity index (χ4v) is 3.48. The second-order valence-electron chi connectivity index (χ2n) is 5.94. The molecule has 0 unspecified atom stereocenters. The summed E-state index contributed by atoms with van der Waals surface area (Å²) in [6.07, 6.45) is -1.50. The molecular formula is C19H20N2O6S. The minimum atomic E-state index is -3.61. The Morgan fingerprint density at radius 2 is 1.64 bits per heavy atom. The van der Waals surface area contributed by atoms with Crippen molar-refractivity contribution in [1.82, 2.24) is 0 Å². The fraction of sp³-hybridized carbons (Fsp3) is 0.211. The normalized spacial score (nSPS) is 12.0. The van der Waals surface area contributed by atoms with Crippen LogP contribution in [0.1, 0.15) is 23.7 Å². The van der Waals surface area contributed by atoms with Crippen molar-refractivity contribution >= 4 is 33.3 Å². The van der Waals surface area contributed by atoms with Crippen LogP contribution in [0.5, 0.6) is 0 Å². The highest BCUT2D eigenvalue weighted by molar-refractivity contribution is 7.91. The van der Waals surface area contributed by atoms with Crippen LogP contribution in [0.3, 0.4) is 0 Å². The molecule has 148 valence electrons. The summed E-state index contributed by atoms with van der Waals surface area (Å²) in [6, 6.07) is 13.6. The van der Waals surface area contributed by atoms with Gasteiger partial charge in [-0.25, -0.2) is 8.42 Å². The summed E-state index contributed by atoms with van der Waals surface area (Å²) in [5.41, 5.74) is 5.82. The molecule has 28 heavy (non-hydrogen) atoms. The monoisotopic (exact) mass is 404 g/mol. The first-order valence-corrected chi connectivity index (χ1v) is 10.0. The SMILES string of the molecule is C[C@H](OC(=O)CCS(=O)(=O)c1ccccc1)C(=O)Nc1ccc(C(N)=O)cc1. The van der Waals surface area contributed by atoms with Gasteiger partial charge in [-0.1, -0.05) is 18.2 Å². The molecule has 2 amide bonds. The second kappa shape index (κ2) is 9.14. The molecule has 0 aliphatic rings. The molecule has 0 aliphatic heterocycles. The van der Waals surface area contributed by atoms with Crippen molar-refractivity contribution in [3.05, 3.63) is 60.2 Å². The Morgan fingerprint density at radius 3 is 2.21 bits per heavy atom. The number of carbonyl (C=O) groups is 3. The molecule has 1 atom stereocenters. The number of carbonyl (C=O) groups excluding carboxylic acids is 3. The maximum absolute atomic E-state index is 12.2. The van der Waals surface area contributed by atoms with E-state index in [1.165, 1.54) is 43.3 Å². The van der Waals surface area contributed by atoms with Crippen LogP contribution in [-0.2, 0) is 24.2 Å². The van der Waals surface area contributed by atoms with E-state index in [9.17, 15) is 22.8 Å². The van der Waals surface area contributed by atoms with Crippen molar-refractivity contribution in [3.63, 3.8) is 0 Å². The van der Waals surface area contributed by atoms with Crippen molar-refractivity contribution in [2.45, 2.75) is 24.3 Å². The Hall–Kier alpha value is -3.20. The molecule has 0 saturated heterocycles. The molecule has 2 aromatic rings. The van der Waals surface area contributed by atoms with E-state index in [-0.39, 0.29) is 16.9 Å². The van der Waals surface area contributed by atoms with Crippen molar-refractivity contribution < 1.29 is 27.5 Å². The minimum absolute atomic E-state index is 0.119. The van der Waals surface area contributed by atoms with E-state index in [4.69, 9.17) is 10.5 Å². The van der Waals surface area contributed by atoms with E-state index in [2.05, 4.69) is 5.32 Å². The Kier molecular flexibility index (Phi) is 6.89. The molecule has 0 radical (unpaired) electrons. The molecule has 0 aliphatic carbocycles. The maximum atomic E-state index is 12.2. The van der Waals surface area contributed by atoms with Crippen LogP contribution in [-0.4, -0.2) is 38.1 Å². The molecule has 0 heterocycles. The highest BCUT2D eigenvalue weighted by Crippen LogP contribution is 2.13. The van der Waals surface area contributed by atoms with Gasteiger partial charge in [0.2, 0.25) is 5.91 Å². The van der Waals surface area contributed by atoms with E-state index >= 15 is 0 Å². The van der Waals surface area contributed by atoms with Gasteiger partial charge in [0.25, 0.3) is 5.91 Å². The van der Waals surface area contributed by atoms with Crippen LogP contribution in [0.2, 0.25) is 0 Å². The topological polar surface area (TPSA) is 133 Å². The summed E-state index contributed by atoms with van der Waals surface area (Å²) >= 11 is 0. The van der Waals surface area contributed by atoms with Crippen LogP contribution in [0.15, 0.2) is 59.5 Å². The summed E-state index contributed by atoms with van der Waals surface area (Å²) in [6.45, 7) is 1.37.